The maximum atomic E-state index is 14.5. The Morgan fingerprint density at radius 2 is 1.38 bits per heavy atom. The van der Waals surface area contributed by atoms with E-state index in [-0.39, 0.29) is 24.5 Å². The van der Waals surface area contributed by atoms with Gasteiger partial charge in [-0.3, -0.25) is 19.2 Å². The largest absolute Gasteiger partial charge is 0.465 e. The van der Waals surface area contributed by atoms with Gasteiger partial charge in [-0.15, -0.1) is 0 Å². The minimum Gasteiger partial charge on any atom is -0.465 e. The van der Waals surface area contributed by atoms with Crippen molar-refractivity contribution >= 4 is 42.1 Å². The Kier molecular flexibility index (Phi) is 11.8. The van der Waals surface area contributed by atoms with Gasteiger partial charge in [-0.1, -0.05) is 53.7 Å². The topological polar surface area (TPSA) is 165 Å². The zero-order valence-corrected chi connectivity index (χ0v) is 29.7. The van der Waals surface area contributed by atoms with Crippen LogP contribution in [0.3, 0.4) is 0 Å². The third-order valence-corrected chi connectivity index (χ3v) is 9.16. The molecule has 0 fully saturated rings. The number of ether oxygens (including phenoxy) is 2. The Labute approximate surface area is 275 Å². The van der Waals surface area contributed by atoms with Gasteiger partial charge < -0.3 is 24.3 Å². The minimum absolute atomic E-state index is 0.0912. The molecule has 0 aliphatic carbocycles. The zero-order chi connectivity index (χ0) is 35.3. The van der Waals surface area contributed by atoms with E-state index in [2.05, 4.69) is 20.5 Å². The number of carbonyl (C=O) groups is 3. The summed E-state index contributed by atoms with van der Waals surface area (Å²) in [5.41, 5.74) is 0.713. The molecule has 3 rings (SSSR count). The Morgan fingerprint density at radius 3 is 1.89 bits per heavy atom. The fraction of sp³-hybridized carbons (Fsp3) is 0.471. The summed E-state index contributed by atoms with van der Waals surface area (Å²) in [4.78, 5) is 55.0. The smallest absolute Gasteiger partial charge is 0.391 e. The molecule has 1 heterocycles. The quantitative estimate of drug-likeness (QED) is 0.134. The molecule has 0 saturated heterocycles. The lowest BCUT2D eigenvalue weighted by Crippen LogP contribution is -2.43. The Balaban J connectivity index is 2.18. The molecule has 1 amide bonds. The molecule has 3 aromatic rings. The Hall–Kier alpha value is -3.99. The fourth-order valence-electron chi connectivity index (χ4n) is 4.87. The molecular weight excluding hydrogens is 623 g/mol. The third-order valence-electron chi connectivity index (χ3n) is 7.25. The first-order valence-corrected chi connectivity index (χ1v) is 17.2. The molecule has 0 spiro atoms. The van der Waals surface area contributed by atoms with E-state index in [9.17, 15) is 23.7 Å². The highest BCUT2D eigenvalue weighted by atomic mass is 31.2. The highest BCUT2D eigenvalue weighted by Gasteiger charge is 2.37. The van der Waals surface area contributed by atoms with Gasteiger partial charge in [0, 0.05) is 34.4 Å². The number of para-hydroxylation sites is 1. The Morgan fingerprint density at radius 1 is 0.851 bits per heavy atom. The van der Waals surface area contributed by atoms with Crippen molar-refractivity contribution in [3.8, 4) is 5.75 Å². The number of H-pyrrole nitrogens is 1. The average molecular weight is 671 g/mol. The van der Waals surface area contributed by atoms with Gasteiger partial charge in [-0.25, -0.2) is 14.7 Å². The van der Waals surface area contributed by atoms with E-state index >= 15 is 0 Å². The molecule has 13 heteroatoms. The number of amides is 1. The summed E-state index contributed by atoms with van der Waals surface area (Å²) in [6, 6.07) is 8.13. The summed E-state index contributed by atoms with van der Waals surface area (Å²) in [6.45, 7) is 18.2. The second kappa shape index (κ2) is 14.8. The number of nitrogens with one attached hydrogen (secondary N) is 4. The normalized spacial score (nSPS) is 13.5. The number of esters is 2. The van der Waals surface area contributed by atoms with Crippen LogP contribution >= 0.6 is 7.67 Å². The predicted octanol–water partition coefficient (Wildman–Crippen LogP) is 5.94. The van der Waals surface area contributed by atoms with Crippen molar-refractivity contribution in [2.75, 3.05) is 18.5 Å². The molecule has 0 aliphatic rings. The lowest BCUT2D eigenvalue weighted by atomic mass is 9.79. The molecule has 12 nitrogen and oxygen atoms in total. The molecule has 2 atom stereocenters. The maximum absolute atomic E-state index is 14.5. The van der Waals surface area contributed by atoms with Gasteiger partial charge in [0.15, 0.2) is 0 Å². The van der Waals surface area contributed by atoms with E-state index < -0.39 is 53.9 Å². The molecule has 1 aromatic heterocycles. The van der Waals surface area contributed by atoms with Gasteiger partial charge in [0.05, 0.1) is 13.2 Å². The summed E-state index contributed by atoms with van der Waals surface area (Å²) in [7, 11) is -4.28. The van der Waals surface area contributed by atoms with Crippen LogP contribution in [0.1, 0.15) is 90.7 Å². The van der Waals surface area contributed by atoms with Crippen molar-refractivity contribution in [1.82, 2.24) is 15.2 Å². The van der Waals surface area contributed by atoms with Gasteiger partial charge in [0.2, 0.25) is 5.43 Å². The summed E-state index contributed by atoms with van der Waals surface area (Å²) in [5, 5.41) is 8.64. The van der Waals surface area contributed by atoms with Crippen molar-refractivity contribution in [3.05, 3.63) is 69.5 Å². The molecule has 0 radical (unpaired) electrons. The number of aromatic nitrogens is 1. The first kappa shape index (κ1) is 37.5. The molecule has 2 aromatic carbocycles. The summed E-state index contributed by atoms with van der Waals surface area (Å²) in [6.07, 6.45) is 1.37. The molecule has 256 valence electrons. The molecule has 4 N–H and O–H groups in total. The molecule has 0 bridgehead atoms. The van der Waals surface area contributed by atoms with Gasteiger partial charge in [-0.2, -0.15) is 0 Å². The van der Waals surface area contributed by atoms with Crippen LogP contribution in [0.15, 0.2) is 47.4 Å². The number of aromatic amines is 1. The maximum Gasteiger partial charge on any atom is 0.391 e. The first-order valence-electron chi connectivity index (χ1n) is 15.6. The predicted molar refractivity (Wildman–Crippen MR) is 183 cm³/mol. The number of anilines is 1. The molecule has 0 aliphatic heterocycles. The molecule has 47 heavy (non-hydrogen) atoms. The van der Waals surface area contributed by atoms with Crippen LogP contribution in [0.25, 0.3) is 10.9 Å². The van der Waals surface area contributed by atoms with Crippen molar-refractivity contribution < 1.29 is 32.9 Å². The zero-order valence-electron chi connectivity index (χ0n) is 28.8. The minimum atomic E-state index is -4.28. The van der Waals surface area contributed by atoms with Crippen molar-refractivity contribution in [1.29, 1.82) is 0 Å². The summed E-state index contributed by atoms with van der Waals surface area (Å²) in [5.74, 6) is -1.88. The number of benzene rings is 2. The second-order valence-electron chi connectivity index (χ2n) is 13.3. The third kappa shape index (κ3) is 9.31. The van der Waals surface area contributed by atoms with E-state index in [1.807, 2.05) is 47.6 Å². The number of hydrogen-bond acceptors (Lipinski definition) is 8. The van der Waals surface area contributed by atoms with Gasteiger partial charge in [-0.05, 0) is 62.3 Å². The van der Waals surface area contributed by atoms with Crippen molar-refractivity contribution in [3.63, 3.8) is 0 Å². The van der Waals surface area contributed by atoms with Crippen LogP contribution in [0.2, 0.25) is 0 Å². The van der Waals surface area contributed by atoms with Crippen LogP contribution in [0.5, 0.6) is 5.75 Å². The van der Waals surface area contributed by atoms with Gasteiger partial charge >= 0.3 is 19.6 Å². The number of carbonyl (C=O) groups excluding carboxylic acids is 3. The average Bonchev–Trinajstić information content (AvgIpc) is 2.96. The van der Waals surface area contributed by atoms with Crippen LogP contribution in [0.4, 0.5) is 5.69 Å². The number of hydrogen-bond donors (Lipinski definition) is 4. The summed E-state index contributed by atoms with van der Waals surface area (Å²) < 4.78 is 30.9. The summed E-state index contributed by atoms with van der Waals surface area (Å²) >= 11 is 0. The lowest BCUT2D eigenvalue weighted by Gasteiger charge is -2.32. The van der Waals surface area contributed by atoms with Crippen molar-refractivity contribution in [2.45, 2.75) is 92.2 Å². The van der Waals surface area contributed by atoms with Crippen molar-refractivity contribution in [2.24, 2.45) is 0 Å². The number of fused-ring (bicyclic) bond motifs is 1. The van der Waals surface area contributed by atoms with Gasteiger partial charge in [0.25, 0.3) is 5.91 Å². The Bertz CT molecular complexity index is 1710. The van der Waals surface area contributed by atoms with E-state index in [0.29, 0.717) is 22.2 Å². The van der Waals surface area contributed by atoms with E-state index in [1.165, 1.54) is 20.0 Å². The molecular formula is C34H47N4O8P. The van der Waals surface area contributed by atoms with E-state index in [4.69, 9.17) is 14.0 Å². The molecule has 0 unspecified atom stereocenters. The lowest BCUT2D eigenvalue weighted by molar-refractivity contribution is -0.145. The second-order valence-corrected chi connectivity index (χ2v) is 15.1. The monoisotopic (exact) mass is 670 g/mol. The standard InChI is InChI=1S/C34H47N4O8P/c1-11-44-31(41)20(3)37-47(43,38-21(4)32(42)45-12-2)46-28-18-27(24(33(5,6)7)17-25(28)34(8,9)10)36-30(40)23-19-35-26-16-14-13-15-22(26)29(23)39/h13-21H,11-12H2,1-10H3,(H,35,39)(H,36,40)(H2,37,38,43)/t20-,21-/m0/s1. The number of pyridine rings is 1. The van der Waals surface area contributed by atoms with Crippen LogP contribution in [-0.2, 0) is 34.5 Å². The number of rotatable bonds is 12. The highest BCUT2D eigenvalue weighted by Crippen LogP contribution is 2.47. The van der Waals surface area contributed by atoms with Crippen LogP contribution in [0, 0.1) is 0 Å². The first-order chi connectivity index (χ1) is 21.8. The molecule has 0 saturated carbocycles. The SMILES string of the molecule is CCOC(=O)[C@H](C)NP(=O)(N[C@@H](C)C(=O)OCC)Oc1cc(NC(=O)c2c[nH]c3ccccc3c2=O)c(C(C)(C)C)cc1C(C)(C)C. The fourth-order valence-corrected chi connectivity index (χ4v) is 6.71. The van der Waals surface area contributed by atoms with Gasteiger partial charge in [0.1, 0.15) is 23.4 Å². The highest BCUT2D eigenvalue weighted by molar-refractivity contribution is 7.55. The van der Waals surface area contributed by atoms with E-state index in [1.54, 1.807) is 44.2 Å². The van der Waals surface area contributed by atoms with Crippen LogP contribution < -0.4 is 25.4 Å². The van der Waals surface area contributed by atoms with E-state index in [0.717, 1.165) is 5.56 Å². The van der Waals surface area contributed by atoms with Crippen LogP contribution in [-0.4, -0.2) is 48.1 Å².